The third-order valence-corrected chi connectivity index (χ3v) is 7.20. The van der Waals surface area contributed by atoms with E-state index >= 15 is 0 Å². The summed E-state index contributed by atoms with van der Waals surface area (Å²) in [6, 6.07) is 8.42. The highest BCUT2D eigenvalue weighted by Crippen LogP contribution is 2.27. The lowest BCUT2D eigenvalue weighted by Gasteiger charge is -2.42. The summed E-state index contributed by atoms with van der Waals surface area (Å²) in [6.07, 6.45) is 13.0. The number of hydrogen-bond donors (Lipinski definition) is 2. The number of carbonyl (C=O) groups excluding carboxylic acids is 1. The number of nitrogens with zero attached hydrogens (tertiary/aromatic N) is 2. The van der Waals surface area contributed by atoms with Crippen molar-refractivity contribution in [2.45, 2.75) is 76.4 Å². The summed E-state index contributed by atoms with van der Waals surface area (Å²) in [6.45, 7) is 6.09. The van der Waals surface area contributed by atoms with Crippen LogP contribution in [0.4, 0.5) is 5.69 Å². The summed E-state index contributed by atoms with van der Waals surface area (Å²) in [5, 5.41) is 0. The van der Waals surface area contributed by atoms with E-state index in [0.29, 0.717) is 17.7 Å². The fraction of sp³-hybridized carbons (Fsp3) is 0.731. The van der Waals surface area contributed by atoms with Gasteiger partial charge < -0.3 is 14.4 Å². The first-order valence-electron chi connectivity index (χ1n) is 12.9. The standard InChI is InChI=1S/C26H44N4O3/c1-32-20-6-4-2-3-5-7-21-33-25-14-12-24(13-15-25)30-18-16-29(17-19-30)23-10-8-22(9-11-23)26(31)28-27/h8-11,24-25H,2-7,12-21,27H2,1H3,(H,28,31). The van der Waals surface area contributed by atoms with Gasteiger partial charge in [-0.2, -0.15) is 0 Å². The van der Waals surface area contributed by atoms with Crippen LogP contribution in [0, 0.1) is 0 Å². The number of hydrogen-bond acceptors (Lipinski definition) is 6. The smallest absolute Gasteiger partial charge is 0.265 e. The van der Waals surface area contributed by atoms with Crippen LogP contribution in [0.25, 0.3) is 0 Å². The van der Waals surface area contributed by atoms with Crippen LogP contribution in [0.2, 0.25) is 0 Å². The Hall–Kier alpha value is -1.67. The number of benzene rings is 1. The van der Waals surface area contributed by atoms with Crippen LogP contribution in [-0.4, -0.2) is 69.5 Å². The highest BCUT2D eigenvalue weighted by Gasteiger charge is 2.28. The summed E-state index contributed by atoms with van der Waals surface area (Å²) >= 11 is 0. The summed E-state index contributed by atoms with van der Waals surface area (Å²) in [5.41, 5.74) is 3.95. The number of hydrazine groups is 1. The molecule has 0 aromatic heterocycles. The highest BCUT2D eigenvalue weighted by molar-refractivity contribution is 5.94. The van der Waals surface area contributed by atoms with Gasteiger partial charge in [0.15, 0.2) is 0 Å². The van der Waals surface area contributed by atoms with Crippen molar-refractivity contribution in [1.29, 1.82) is 0 Å². The van der Waals surface area contributed by atoms with Gasteiger partial charge >= 0.3 is 0 Å². The number of nitrogens with two attached hydrogens (primary N) is 1. The van der Waals surface area contributed by atoms with Gasteiger partial charge in [-0.15, -0.1) is 0 Å². The Labute approximate surface area is 199 Å². The van der Waals surface area contributed by atoms with Gasteiger partial charge in [0.25, 0.3) is 5.91 Å². The number of rotatable bonds is 13. The van der Waals surface area contributed by atoms with Gasteiger partial charge in [-0.3, -0.25) is 15.1 Å². The Morgan fingerprint density at radius 3 is 2.12 bits per heavy atom. The lowest BCUT2D eigenvalue weighted by Crippen LogP contribution is -2.51. The lowest BCUT2D eigenvalue weighted by molar-refractivity contribution is 0.00475. The Morgan fingerprint density at radius 1 is 0.909 bits per heavy atom. The average molecular weight is 461 g/mol. The quantitative estimate of drug-likeness (QED) is 0.202. The minimum atomic E-state index is -0.250. The highest BCUT2D eigenvalue weighted by atomic mass is 16.5. The molecule has 186 valence electrons. The van der Waals surface area contributed by atoms with Crippen LogP contribution in [0.1, 0.15) is 74.6 Å². The molecular formula is C26H44N4O3. The third-order valence-electron chi connectivity index (χ3n) is 7.20. The van der Waals surface area contributed by atoms with Crippen molar-refractivity contribution in [3.63, 3.8) is 0 Å². The van der Waals surface area contributed by atoms with Gasteiger partial charge in [0, 0.05) is 63.8 Å². The molecule has 3 rings (SSSR count). The third kappa shape index (κ3) is 8.56. The zero-order valence-electron chi connectivity index (χ0n) is 20.5. The molecule has 0 atom stereocenters. The van der Waals surface area contributed by atoms with E-state index in [1.165, 1.54) is 69.9 Å². The van der Waals surface area contributed by atoms with Crippen LogP contribution in [0.3, 0.4) is 0 Å². The molecule has 2 fully saturated rings. The van der Waals surface area contributed by atoms with Crippen LogP contribution in [-0.2, 0) is 9.47 Å². The molecule has 1 aromatic carbocycles. The molecule has 1 aliphatic heterocycles. The molecule has 2 aliphatic rings. The largest absolute Gasteiger partial charge is 0.385 e. The van der Waals surface area contributed by atoms with Crippen molar-refractivity contribution < 1.29 is 14.3 Å². The number of amides is 1. The van der Waals surface area contributed by atoms with Crippen LogP contribution >= 0.6 is 0 Å². The van der Waals surface area contributed by atoms with Crippen molar-refractivity contribution in [3.05, 3.63) is 29.8 Å². The maximum atomic E-state index is 11.6. The molecule has 7 nitrogen and oxygen atoms in total. The van der Waals surface area contributed by atoms with Crippen molar-refractivity contribution in [2.24, 2.45) is 5.84 Å². The van der Waals surface area contributed by atoms with Gasteiger partial charge in [-0.05, 0) is 62.8 Å². The first-order valence-corrected chi connectivity index (χ1v) is 12.9. The van der Waals surface area contributed by atoms with Crippen molar-refractivity contribution >= 4 is 11.6 Å². The van der Waals surface area contributed by atoms with Crippen LogP contribution in [0.5, 0.6) is 0 Å². The Balaban J connectivity index is 1.26. The second kappa shape index (κ2) is 14.6. The normalized spacial score (nSPS) is 21.8. The van der Waals surface area contributed by atoms with Crippen molar-refractivity contribution in [1.82, 2.24) is 10.3 Å². The number of nitrogen functional groups attached to an aromatic ring is 1. The molecule has 1 amide bonds. The van der Waals surface area contributed by atoms with E-state index < -0.39 is 0 Å². The molecule has 1 aliphatic carbocycles. The van der Waals surface area contributed by atoms with E-state index in [9.17, 15) is 4.79 Å². The Bertz CT molecular complexity index is 669. The number of unbranched alkanes of at least 4 members (excludes halogenated alkanes) is 5. The van der Waals surface area contributed by atoms with Gasteiger partial charge in [0.05, 0.1) is 6.10 Å². The lowest BCUT2D eigenvalue weighted by atomic mass is 9.91. The molecule has 1 aromatic rings. The number of piperazine rings is 1. The first-order chi connectivity index (χ1) is 16.2. The first kappa shape index (κ1) is 25.9. The molecule has 0 spiro atoms. The average Bonchev–Trinajstić information content (AvgIpc) is 2.88. The van der Waals surface area contributed by atoms with E-state index in [-0.39, 0.29) is 5.91 Å². The number of methoxy groups -OCH3 is 1. The summed E-state index contributed by atoms with van der Waals surface area (Å²) < 4.78 is 11.3. The predicted octanol–water partition coefficient (Wildman–Crippen LogP) is 3.73. The van der Waals surface area contributed by atoms with E-state index in [0.717, 1.165) is 39.4 Å². The zero-order chi connectivity index (χ0) is 23.3. The molecule has 0 unspecified atom stereocenters. The number of anilines is 1. The summed E-state index contributed by atoms with van der Waals surface area (Å²) in [7, 11) is 1.78. The SMILES string of the molecule is COCCCCCCCCOC1CCC(N2CCN(c3ccc(C(=O)NN)cc3)CC2)CC1. The molecule has 0 bridgehead atoms. The predicted molar refractivity (Wildman–Crippen MR) is 133 cm³/mol. The monoisotopic (exact) mass is 460 g/mol. The topological polar surface area (TPSA) is 80.1 Å². The van der Waals surface area contributed by atoms with Gasteiger partial charge in [-0.25, -0.2) is 5.84 Å². The van der Waals surface area contributed by atoms with E-state index in [1.54, 1.807) is 7.11 Å². The zero-order valence-corrected chi connectivity index (χ0v) is 20.5. The minimum Gasteiger partial charge on any atom is -0.385 e. The Kier molecular flexibility index (Phi) is 11.4. The maximum Gasteiger partial charge on any atom is 0.265 e. The molecular weight excluding hydrogens is 416 g/mol. The number of carbonyl (C=O) groups is 1. The van der Waals surface area contributed by atoms with Crippen LogP contribution in [0.15, 0.2) is 24.3 Å². The van der Waals surface area contributed by atoms with Gasteiger partial charge in [0.1, 0.15) is 0 Å². The molecule has 1 saturated heterocycles. The molecule has 1 heterocycles. The van der Waals surface area contributed by atoms with Crippen molar-refractivity contribution in [2.75, 3.05) is 51.4 Å². The minimum absolute atomic E-state index is 0.250. The molecule has 33 heavy (non-hydrogen) atoms. The molecule has 3 N–H and O–H groups in total. The number of nitrogens with one attached hydrogen (secondary N) is 1. The van der Waals surface area contributed by atoms with Crippen molar-refractivity contribution in [3.8, 4) is 0 Å². The van der Waals surface area contributed by atoms with E-state index in [4.69, 9.17) is 15.3 Å². The molecule has 1 saturated carbocycles. The second-order valence-corrected chi connectivity index (χ2v) is 9.46. The fourth-order valence-corrected chi connectivity index (χ4v) is 5.13. The Morgan fingerprint density at radius 2 is 1.52 bits per heavy atom. The molecule has 7 heteroatoms. The summed E-state index contributed by atoms with van der Waals surface area (Å²) in [4.78, 5) is 16.7. The van der Waals surface area contributed by atoms with Gasteiger partial charge in [0.2, 0.25) is 0 Å². The fourth-order valence-electron chi connectivity index (χ4n) is 5.13. The van der Waals surface area contributed by atoms with Crippen LogP contribution < -0.4 is 16.2 Å². The maximum absolute atomic E-state index is 11.6. The second-order valence-electron chi connectivity index (χ2n) is 9.46. The summed E-state index contributed by atoms with van der Waals surface area (Å²) in [5.74, 6) is 4.96. The number of ether oxygens (including phenoxy) is 2. The molecule has 0 radical (unpaired) electrons. The van der Waals surface area contributed by atoms with Gasteiger partial charge in [-0.1, -0.05) is 25.7 Å². The van der Waals surface area contributed by atoms with E-state index in [1.807, 2.05) is 24.3 Å². The van der Waals surface area contributed by atoms with E-state index in [2.05, 4.69) is 15.2 Å².